The van der Waals surface area contributed by atoms with Gasteiger partial charge < -0.3 is 19.9 Å². The molecular formula is C19H21NO4. The molecule has 24 heavy (non-hydrogen) atoms. The number of rotatable bonds is 6. The van der Waals surface area contributed by atoms with Gasteiger partial charge in [-0.05, 0) is 47.9 Å². The van der Waals surface area contributed by atoms with Crippen molar-refractivity contribution in [3.63, 3.8) is 0 Å². The summed E-state index contributed by atoms with van der Waals surface area (Å²) in [5.74, 6) is 1.01. The third-order valence-electron chi connectivity index (χ3n) is 3.58. The molecule has 1 amide bonds. The largest absolute Gasteiger partial charge is 0.504 e. The average molecular weight is 327 g/mol. The van der Waals surface area contributed by atoms with Gasteiger partial charge in [0.2, 0.25) is 5.91 Å². The molecule has 0 fully saturated rings. The smallest absolute Gasteiger partial charge is 0.244 e. The summed E-state index contributed by atoms with van der Waals surface area (Å²) in [5, 5.41) is 12.4. The van der Waals surface area contributed by atoms with Gasteiger partial charge in [-0.3, -0.25) is 4.79 Å². The van der Waals surface area contributed by atoms with Gasteiger partial charge in [0, 0.05) is 12.6 Å². The van der Waals surface area contributed by atoms with E-state index in [-0.39, 0.29) is 11.7 Å². The molecule has 2 rings (SSSR count). The second-order valence-electron chi connectivity index (χ2n) is 5.28. The molecule has 0 aliphatic heterocycles. The van der Waals surface area contributed by atoms with Crippen molar-refractivity contribution in [2.45, 2.75) is 13.5 Å². The van der Waals surface area contributed by atoms with Crippen molar-refractivity contribution in [2.75, 3.05) is 14.2 Å². The van der Waals surface area contributed by atoms with Gasteiger partial charge in [0.25, 0.3) is 0 Å². The quantitative estimate of drug-likeness (QED) is 0.800. The predicted octanol–water partition coefficient (Wildman–Crippen LogP) is 3.13. The average Bonchev–Trinajstić information content (AvgIpc) is 2.61. The Hall–Kier alpha value is -2.95. The summed E-state index contributed by atoms with van der Waals surface area (Å²) < 4.78 is 10.2. The second kappa shape index (κ2) is 8.06. The van der Waals surface area contributed by atoms with E-state index in [2.05, 4.69) is 5.32 Å². The topological polar surface area (TPSA) is 67.8 Å². The first-order valence-electron chi connectivity index (χ1n) is 7.50. The molecule has 5 nitrogen and oxygen atoms in total. The summed E-state index contributed by atoms with van der Waals surface area (Å²) in [6, 6.07) is 12.5. The Morgan fingerprint density at radius 2 is 1.96 bits per heavy atom. The number of allylic oxidation sites excluding steroid dienone is 1. The molecular weight excluding hydrogens is 306 g/mol. The summed E-state index contributed by atoms with van der Waals surface area (Å²) in [6.07, 6.45) is 1.55. The molecule has 2 aromatic carbocycles. The Kier molecular flexibility index (Phi) is 5.84. The van der Waals surface area contributed by atoms with Crippen LogP contribution in [-0.2, 0) is 11.3 Å². The standard InChI is InChI=1S/C19H21NO4/c1-13(15-5-4-6-16(11-15)23-2)9-19(22)20-12-14-7-8-17(21)18(10-14)24-3/h4-11,21H,12H2,1-3H3,(H,20,22). The van der Waals surface area contributed by atoms with Gasteiger partial charge in [0.05, 0.1) is 14.2 Å². The highest BCUT2D eigenvalue weighted by atomic mass is 16.5. The Bertz CT molecular complexity index is 753. The maximum atomic E-state index is 12.1. The number of carbonyl (C=O) groups is 1. The molecule has 0 aliphatic carbocycles. The molecule has 0 aliphatic rings. The van der Waals surface area contributed by atoms with Crippen LogP contribution < -0.4 is 14.8 Å². The SMILES string of the molecule is COc1cccc(C(C)=CC(=O)NCc2ccc(O)c(OC)c2)c1. The monoisotopic (exact) mass is 327 g/mol. The van der Waals surface area contributed by atoms with Crippen LogP contribution in [0.15, 0.2) is 48.5 Å². The van der Waals surface area contributed by atoms with Gasteiger partial charge in [-0.2, -0.15) is 0 Å². The van der Waals surface area contributed by atoms with Crippen LogP contribution in [0.25, 0.3) is 5.57 Å². The molecule has 0 saturated heterocycles. The zero-order chi connectivity index (χ0) is 17.5. The highest BCUT2D eigenvalue weighted by Crippen LogP contribution is 2.26. The first kappa shape index (κ1) is 17.4. The number of carbonyl (C=O) groups excluding carboxylic acids is 1. The summed E-state index contributed by atoms with van der Waals surface area (Å²) in [4.78, 5) is 12.1. The molecule has 126 valence electrons. The molecule has 0 heterocycles. The van der Waals surface area contributed by atoms with Crippen LogP contribution in [-0.4, -0.2) is 25.2 Å². The van der Waals surface area contributed by atoms with Crippen LogP contribution in [0.1, 0.15) is 18.1 Å². The van der Waals surface area contributed by atoms with Gasteiger partial charge in [0.1, 0.15) is 5.75 Å². The summed E-state index contributed by atoms with van der Waals surface area (Å²) in [5.41, 5.74) is 2.61. The lowest BCUT2D eigenvalue weighted by Crippen LogP contribution is -2.20. The number of benzene rings is 2. The van der Waals surface area contributed by atoms with E-state index in [0.717, 1.165) is 22.4 Å². The fraction of sp³-hybridized carbons (Fsp3) is 0.211. The van der Waals surface area contributed by atoms with Crippen LogP contribution in [0.4, 0.5) is 0 Å². The van der Waals surface area contributed by atoms with Crippen molar-refractivity contribution in [1.29, 1.82) is 0 Å². The van der Waals surface area contributed by atoms with Crippen LogP contribution in [0.5, 0.6) is 17.2 Å². The van der Waals surface area contributed by atoms with Gasteiger partial charge in [-0.1, -0.05) is 18.2 Å². The zero-order valence-electron chi connectivity index (χ0n) is 14.0. The third-order valence-corrected chi connectivity index (χ3v) is 3.58. The number of hydrogen-bond donors (Lipinski definition) is 2. The Morgan fingerprint density at radius 3 is 2.67 bits per heavy atom. The molecule has 0 aromatic heterocycles. The van der Waals surface area contributed by atoms with E-state index in [9.17, 15) is 9.90 Å². The van der Waals surface area contributed by atoms with Crippen molar-refractivity contribution in [3.05, 3.63) is 59.7 Å². The Morgan fingerprint density at radius 1 is 1.17 bits per heavy atom. The minimum atomic E-state index is -0.192. The van der Waals surface area contributed by atoms with E-state index in [0.29, 0.717) is 12.3 Å². The normalized spacial score (nSPS) is 11.0. The maximum Gasteiger partial charge on any atom is 0.244 e. The predicted molar refractivity (Wildman–Crippen MR) is 93.2 cm³/mol. The van der Waals surface area contributed by atoms with Crippen molar-refractivity contribution >= 4 is 11.5 Å². The number of phenolic OH excluding ortho intramolecular Hbond substituents is 1. The molecule has 2 aromatic rings. The zero-order valence-corrected chi connectivity index (χ0v) is 14.0. The molecule has 0 unspecified atom stereocenters. The number of ether oxygens (including phenoxy) is 2. The van der Waals surface area contributed by atoms with E-state index >= 15 is 0 Å². The van der Waals surface area contributed by atoms with E-state index in [1.165, 1.54) is 13.2 Å². The highest BCUT2D eigenvalue weighted by molar-refractivity contribution is 5.94. The number of phenols is 1. The minimum Gasteiger partial charge on any atom is -0.504 e. The van der Waals surface area contributed by atoms with Crippen LogP contribution in [0, 0.1) is 0 Å². The first-order valence-corrected chi connectivity index (χ1v) is 7.50. The lowest BCUT2D eigenvalue weighted by molar-refractivity contribution is -0.116. The Labute approximate surface area is 141 Å². The molecule has 2 N–H and O–H groups in total. The molecule has 0 radical (unpaired) electrons. The Balaban J connectivity index is 2.01. The minimum absolute atomic E-state index is 0.0707. The van der Waals surface area contributed by atoms with Gasteiger partial charge in [0.15, 0.2) is 11.5 Å². The molecule has 0 saturated carbocycles. The molecule has 0 atom stereocenters. The second-order valence-corrected chi connectivity index (χ2v) is 5.28. The van der Waals surface area contributed by atoms with Gasteiger partial charge in [-0.25, -0.2) is 0 Å². The lowest BCUT2D eigenvalue weighted by atomic mass is 10.1. The van der Waals surface area contributed by atoms with Crippen molar-refractivity contribution in [1.82, 2.24) is 5.32 Å². The summed E-state index contributed by atoms with van der Waals surface area (Å²) in [6.45, 7) is 2.22. The fourth-order valence-corrected chi connectivity index (χ4v) is 2.22. The van der Waals surface area contributed by atoms with Crippen LogP contribution in [0.3, 0.4) is 0 Å². The first-order chi connectivity index (χ1) is 11.5. The van der Waals surface area contributed by atoms with E-state index in [1.807, 2.05) is 31.2 Å². The maximum absolute atomic E-state index is 12.1. The van der Waals surface area contributed by atoms with Gasteiger partial charge in [-0.15, -0.1) is 0 Å². The molecule has 5 heteroatoms. The van der Waals surface area contributed by atoms with Crippen molar-refractivity contribution in [3.8, 4) is 17.2 Å². The highest BCUT2D eigenvalue weighted by Gasteiger charge is 2.05. The van der Waals surface area contributed by atoms with Gasteiger partial charge >= 0.3 is 0 Å². The molecule has 0 spiro atoms. The third kappa shape index (κ3) is 4.52. The number of aromatic hydroxyl groups is 1. The summed E-state index contributed by atoms with van der Waals surface area (Å²) in [7, 11) is 3.09. The van der Waals surface area contributed by atoms with Crippen molar-refractivity contribution < 1.29 is 19.4 Å². The number of nitrogens with one attached hydrogen (secondary N) is 1. The molecule has 0 bridgehead atoms. The number of methoxy groups -OCH3 is 2. The fourth-order valence-electron chi connectivity index (χ4n) is 2.22. The summed E-state index contributed by atoms with van der Waals surface area (Å²) >= 11 is 0. The lowest BCUT2D eigenvalue weighted by Gasteiger charge is -2.08. The van der Waals surface area contributed by atoms with E-state index < -0.39 is 0 Å². The number of hydrogen-bond acceptors (Lipinski definition) is 4. The van der Waals surface area contributed by atoms with Crippen molar-refractivity contribution in [2.24, 2.45) is 0 Å². The number of amides is 1. The van der Waals surface area contributed by atoms with Crippen LogP contribution in [0.2, 0.25) is 0 Å². The van der Waals surface area contributed by atoms with E-state index in [1.54, 1.807) is 25.3 Å². The van der Waals surface area contributed by atoms with E-state index in [4.69, 9.17) is 9.47 Å². The van der Waals surface area contributed by atoms with Crippen LogP contribution >= 0.6 is 0 Å².